The Kier molecular flexibility index (Phi) is 5.37. The fourth-order valence-corrected chi connectivity index (χ4v) is 4.24. The summed E-state index contributed by atoms with van der Waals surface area (Å²) in [6.45, 7) is 0. The summed E-state index contributed by atoms with van der Waals surface area (Å²) in [6, 6.07) is 0.801. The molecule has 1 aliphatic heterocycles. The number of thioether (sulfide) groups is 1. The molecule has 0 unspecified atom stereocenters. The maximum absolute atomic E-state index is 12.3. The first kappa shape index (κ1) is 14.2. The van der Waals surface area contributed by atoms with E-state index in [0.29, 0.717) is 23.9 Å². The molecule has 0 spiro atoms. The van der Waals surface area contributed by atoms with E-state index < -0.39 is 0 Å². The molecule has 1 aliphatic carbocycles. The number of carbonyl (C=O) groups excluding carboxylic acids is 1. The molecule has 2 fully saturated rings. The van der Waals surface area contributed by atoms with Crippen molar-refractivity contribution in [3.05, 3.63) is 0 Å². The topological polar surface area (TPSA) is 46.3 Å². The molecule has 0 atom stereocenters. The highest BCUT2D eigenvalue weighted by molar-refractivity contribution is 7.99. The van der Waals surface area contributed by atoms with Gasteiger partial charge in [-0.05, 0) is 55.9 Å². The number of hydrogen-bond donors (Lipinski definition) is 1. The van der Waals surface area contributed by atoms with Crippen LogP contribution in [0.3, 0.4) is 0 Å². The summed E-state index contributed by atoms with van der Waals surface area (Å²) < 4.78 is 0. The van der Waals surface area contributed by atoms with Crippen LogP contribution in [0.1, 0.15) is 44.9 Å². The maximum atomic E-state index is 12.3. The number of nitrogens with zero attached hydrogens (tertiary/aromatic N) is 1. The average Bonchev–Trinajstić information content (AvgIpc) is 2.40. The van der Waals surface area contributed by atoms with Crippen LogP contribution in [0, 0.1) is 5.92 Å². The van der Waals surface area contributed by atoms with E-state index in [1.54, 1.807) is 0 Å². The van der Waals surface area contributed by atoms with Gasteiger partial charge in [0.2, 0.25) is 5.91 Å². The monoisotopic (exact) mass is 270 g/mol. The molecule has 0 bridgehead atoms. The lowest BCUT2D eigenvalue weighted by Crippen LogP contribution is -2.42. The predicted octanol–water partition coefficient (Wildman–Crippen LogP) is 2.25. The highest BCUT2D eigenvalue weighted by atomic mass is 32.2. The summed E-state index contributed by atoms with van der Waals surface area (Å²) in [5.41, 5.74) is 5.92. The Labute approximate surface area is 115 Å². The number of carbonyl (C=O) groups is 1. The van der Waals surface area contributed by atoms with Gasteiger partial charge < -0.3 is 10.6 Å². The fourth-order valence-electron chi connectivity index (χ4n) is 3.03. The summed E-state index contributed by atoms with van der Waals surface area (Å²) >= 11 is 2.02. The summed E-state index contributed by atoms with van der Waals surface area (Å²) in [5, 5.41) is 0. The van der Waals surface area contributed by atoms with Crippen LogP contribution >= 0.6 is 11.8 Å². The molecular weight excluding hydrogens is 244 g/mol. The highest BCUT2D eigenvalue weighted by Crippen LogP contribution is 2.27. The van der Waals surface area contributed by atoms with Crippen molar-refractivity contribution in [1.82, 2.24) is 4.90 Å². The van der Waals surface area contributed by atoms with Crippen molar-refractivity contribution in [1.29, 1.82) is 0 Å². The Hall–Kier alpha value is -0.220. The van der Waals surface area contributed by atoms with E-state index in [4.69, 9.17) is 5.73 Å². The van der Waals surface area contributed by atoms with Gasteiger partial charge in [-0.15, -0.1) is 0 Å². The Morgan fingerprint density at radius 3 is 2.39 bits per heavy atom. The van der Waals surface area contributed by atoms with Crippen molar-refractivity contribution in [3.8, 4) is 0 Å². The second kappa shape index (κ2) is 6.80. The minimum atomic E-state index is 0.354. The molecule has 2 rings (SSSR count). The molecule has 3 nitrogen and oxygen atoms in total. The molecule has 2 N–H and O–H groups in total. The Bertz CT molecular complexity index is 271. The van der Waals surface area contributed by atoms with E-state index in [9.17, 15) is 4.79 Å². The second-order valence-electron chi connectivity index (χ2n) is 5.83. The molecule has 1 amide bonds. The maximum Gasteiger partial charge on any atom is 0.222 e. The molecule has 0 aromatic carbocycles. The minimum absolute atomic E-state index is 0.354. The Balaban J connectivity index is 1.77. The highest BCUT2D eigenvalue weighted by Gasteiger charge is 2.26. The van der Waals surface area contributed by atoms with Gasteiger partial charge in [0.15, 0.2) is 0 Å². The molecule has 4 heteroatoms. The van der Waals surface area contributed by atoms with Gasteiger partial charge in [0, 0.05) is 25.6 Å². The van der Waals surface area contributed by atoms with E-state index in [1.807, 2.05) is 23.7 Å². The van der Waals surface area contributed by atoms with Crippen molar-refractivity contribution < 1.29 is 4.79 Å². The van der Waals surface area contributed by atoms with Crippen LogP contribution in [0.25, 0.3) is 0 Å². The van der Waals surface area contributed by atoms with Crippen LogP contribution in [0.5, 0.6) is 0 Å². The van der Waals surface area contributed by atoms with Crippen LogP contribution in [0.2, 0.25) is 0 Å². The van der Waals surface area contributed by atoms with Crippen molar-refractivity contribution in [2.75, 3.05) is 18.6 Å². The molecule has 0 radical (unpaired) electrons. The zero-order valence-electron chi connectivity index (χ0n) is 11.4. The van der Waals surface area contributed by atoms with Crippen molar-refractivity contribution >= 4 is 17.7 Å². The van der Waals surface area contributed by atoms with E-state index in [-0.39, 0.29) is 0 Å². The minimum Gasteiger partial charge on any atom is -0.343 e. The normalized spacial score (nSPS) is 30.1. The van der Waals surface area contributed by atoms with Crippen molar-refractivity contribution in [2.24, 2.45) is 11.7 Å². The van der Waals surface area contributed by atoms with Crippen LogP contribution in [0.4, 0.5) is 0 Å². The van der Waals surface area contributed by atoms with E-state index in [0.717, 1.165) is 32.1 Å². The largest absolute Gasteiger partial charge is 0.343 e. The first-order chi connectivity index (χ1) is 8.66. The first-order valence-electron chi connectivity index (χ1n) is 7.26. The van der Waals surface area contributed by atoms with Crippen LogP contribution in [0.15, 0.2) is 0 Å². The summed E-state index contributed by atoms with van der Waals surface area (Å²) in [7, 11) is 1.99. The number of rotatable bonds is 3. The van der Waals surface area contributed by atoms with Crippen molar-refractivity contribution in [2.45, 2.75) is 57.0 Å². The molecule has 104 valence electrons. The first-order valence-corrected chi connectivity index (χ1v) is 8.41. The third-order valence-corrected chi connectivity index (χ3v) is 5.54. The third-order valence-electron chi connectivity index (χ3n) is 4.49. The number of hydrogen-bond acceptors (Lipinski definition) is 3. The summed E-state index contributed by atoms with van der Waals surface area (Å²) in [4.78, 5) is 14.3. The van der Waals surface area contributed by atoms with Gasteiger partial charge in [0.25, 0.3) is 0 Å². The molecule has 1 heterocycles. The van der Waals surface area contributed by atoms with E-state index in [2.05, 4.69) is 0 Å². The molecule has 2 aliphatic rings. The van der Waals surface area contributed by atoms with E-state index >= 15 is 0 Å². The van der Waals surface area contributed by atoms with Crippen molar-refractivity contribution in [3.63, 3.8) is 0 Å². The lowest BCUT2D eigenvalue weighted by Gasteiger charge is -2.34. The van der Waals surface area contributed by atoms with Gasteiger partial charge >= 0.3 is 0 Å². The molecule has 0 aromatic heterocycles. The van der Waals surface area contributed by atoms with E-state index in [1.165, 1.54) is 24.3 Å². The number of nitrogens with two attached hydrogens (primary N) is 1. The van der Waals surface area contributed by atoms with Gasteiger partial charge in [-0.1, -0.05) is 0 Å². The summed E-state index contributed by atoms with van der Waals surface area (Å²) in [5.74, 6) is 3.46. The zero-order chi connectivity index (χ0) is 13.0. The van der Waals surface area contributed by atoms with Gasteiger partial charge in [-0.3, -0.25) is 4.79 Å². The summed E-state index contributed by atoms with van der Waals surface area (Å²) in [6.07, 6.45) is 7.53. The van der Waals surface area contributed by atoms with Gasteiger partial charge in [0.1, 0.15) is 0 Å². The quantitative estimate of drug-likeness (QED) is 0.855. The standard InChI is InChI=1S/C14H26N2OS/c1-16(13-4-2-12(15)3-5-13)14(17)10-11-6-8-18-9-7-11/h11-13H,2-10,15H2,1H3. The molecule has 18 heavy (non-hydrogen) atoms. The Morgan fingerprint density at radius 2 is 1.78 bits per heavy atom. The SMILES string of the molecule is CN(C(=O)CC1CCSCC1)C1CCC(N)CC1. The molecule has 1 saturated heterocycles. The van der Waals surface area contributed by atoms with Gasteiger partial charge in [-0.2, -0.15) is 11.8 Å². The molecule has 0 aromatic rings. The second-order valence-corrected chi connectivity index (χ2v) is 7.06. The Morgan fingerprint density at radius 1 is 1.17 bits per heavy atom. The average molecular weight is 270 g/mol. The molecular formula is C14H26N2OS. The smallest absolute Gasteiger partial charge is 0.222 e. The van der Waals surface area contributed by atoms with Gasteiger partial charge in [-0.25, -0.2) is 0 Å². The van der Waals surface area contributed by atoms with Gasteiger partial charge in [0.05, 0.1) is 0 Å². The van der Waals surface area contributed by atoms with Crippen LogP contribution in [-0.4, -0.2) is 41.4 Å². The fraction of sp³-hybridized carbons (Fsp3) is 0.929. The van der Waals surface area contributed by atoms with Crippen LogP contribution < -0.4 is 5.73 Å². The van der Waals surface area contributed by atoms with Crippen LogP contribution in [-0.2, 0) is 4.79 Å². The lowest BCUT2D eigenvalue weighted by molar-refractivity contribution is -0.133. The predicted molar refractivity (Wildman–Crippen MR) is 77.7 cm³/mol. The zero-order valence-corrected chi connectivity index (χ0v) is 12.3. The lowest BCUT2D eigenvalue weighted by atomic mass is 9.90. The molecule has 1 saturated carbocycles. The number of amides is 1. The third kappa shape index (κ3) is 3.89.